The Morgan fingerprint density at radius 1 is 1.24 bits per heavy atom. The summed E-state index contributed by atoms with van der Waals surface area (Å²) in [6.07, 6.45) is 0. The van der Waals surface area contributed by atoms with Crippen molar-refractivity contribution in [3.8, 4) is 0 Å². The normalized spacial score (nSPS) is 12.7. The lowest BCUT2D eigenvalue weighted by Gasteiger charge is -2.14. The molecule has 0 amide bonds. The van der Waals surface area contributed by atoms with Gasteiger partial charge in [0.05, 0.1) is 11.7 Å². The predicted octanol–water partition coefficient (Wildman–Crippen LogP) is 2.66. The van der Waals surface area contributed by atoms with Gasteiger partial charge in [0.2, 0.25) is 0 Å². The van der Waals surface area contributed by atoms with Gasteiger partial charge < -0.3 is 5.73 Å². The lowest BCUT2D eigenvalue weighted by atomic mass is 10.1. The number of nitrogen functional groups attached to an aromatic ring is 1. The zero-order valence-corrected chi connectivity index (χ0v) is 9.61. The van der Waals surface area contributed by atoms with Crippen LogP contribution in [0.1, 0.15) is 24.2 Å². The van der Waals surface area contributed by atoms with Crippen LogP contribution in [0.2, 0.25) is 0 Å². The highest BCUT2D eigenvalue weighted by atomic mass is 19.2. The molecular weight excluding hydrogens is 224 g/mol. The van der Waals surface area contributed by atoms with E-state index in [4.69, 9.17) is 5.73 Å². The number of aryl methyl sites for hydroxylation is 1. The summed E-state index contributed by atoms with van der Waals surface area (Å²) >= 11 is 0. The van der Waals surface area contributed by atoms with Gasteiger partial charge in [-0.05, 0) is 31.5 Å². The second-order valence-corrected chi connectivity index (χ2v) is 4.00. The van der Waals surface area contributed by atoms with Crippen LogP contribution in [-0.2, 0) is 0 Å². The molecule has 1 heterocycles. The minimum atomic E-state index is -0.864. The number of nitrogens with zero attached hydrogens (tertiary/aromatic N) is 2. The highest BCUT2D eigenvalue weighted by Crippen LogP contribution is 2.22. The number of hydrogen-bond donors (Lipinski definition) is 1. The van der Waals surface area contributed by atoms with Crippen LogP contribution in [0.5, 0.6) is 0 Å². The van der Waals surface area contributed by atoms with E-state index in [2.05, 4.69) is 5.10 Å². The Bertz CT molecular complexity index is 549. The summed E-state index contributed by atoms with van der Waals surface area (Å²) in [5.41, 5.74) is 7.19. The van der Waals surface area contributed by atoms with Gasteiger partial charge in [0.15, 0.2) is 11.6 Å². The summed E-state index contributed by atoms with van der Waals surface area (Å²) in [5, 5.41) is 4.21. The molecular formula is C12H13F2N3. The Balaban J connectivity index is 2.40. The zero-order chi connectivity index (χ0) is 12.6. The van der Waals surface area contributed by atoms with Crippen molar-refractivity contribution in [1.82, 2.24) is 9.78 Å². The van der Waals surface area contributed by atoms with Crippen LogP contribution in [0.25, 0.3) is 0 Å². The summed E-state index contributed by atoms with van der Waals surface area (Å²) in [7, 11) is 0. The molecule has 17 heavy (non-hydrogen) atoms. The average Bonchev–Trinajstić information content (AvgIpc) is 2.61. The van der Waals surface area contributed by atoms with E-state index in [1.807, 2.05) is 13.8 Å². The number of benzene rings is 1. The van der Waals surface area contributed by atoms with Gasteiger partial charge in [-0.15, -0.1) is 0 Å². The predicted molar refractivity (Wildman–Crippen MR) is 61.5 cm³/mol. The van der Waals surface area contributed by atoms with Crippen molar-refractivity contribution < 1.29 is 8.78 Å². The maximum absolute atomic E-state index is 13.1. The molecule has 0 spiro atoms. The largest absolute Gasteiger partial charge is 0.384 e. The zero-order valence-electron chi connectivity index (χ0n) is 9.61. The molecule has 0 aliphatic carbocycles. The van der Waals surface area contributed by atoms with E-state index in [-0.39, 0.29) is 6.04 Å². The monoisotopic (exact) mass is 237 g/mol. The summed E-state index contributed by atoms with van der Waals surface area (Å²) in [6, 6.07) is 5.29. The molecule has 1 unspecified atom stereocenters. The molecule has 0 radical (unpaired) electrons. The first-order valence-corrected chi connectivity index (χ1v) is 5.25. The average molecular weight is 237 g/mol. The molecule has 0 saturated heterocycles. The number of aromatic nitrogens is 2. The minimum absolute atomic E-state index is 0.237. The fourth-order valence-corrected chi connectivity index (χ4v) is 1.76. The van der Waals surface area contributed by atoms with Crippen molar-refractivity contribution in [2.45, 2.75) is 19.9 Å². The van der Waals surface area contributed by atoms with E-state index < -0.39 is 11.6 Å². The summed E-state index contributed by atoms with van der Waals surface area (Å²) in [5.74, 6) is -1.22. The molecule has 1 aromatic heterocycles. The van der Waals surface area contributed by atoms with Crippen LogP contribution in [0, 0.1) is 18.6 Å². The second-order valence-electron chi connectivity index (χ2n) is 4.00. The van der Waals surface area contributed by atoms with Crippen LogP contribution >= 0.6 is 0 Å². The van der Waals surface area contributed by atoms with E-state index >= 15 is 0 Å². The van der Waals surface area contributed by atoms with Crippen molar-refractivity contribution in [2.24, 2.45) is 0 Å². The van der Waals surface area contributed by atoms with Crippen molar-refractivity contribution in [3.05, 3.63) is 47.2 Å². The van der Waals surface area contributed by atoms with Gasteiger partial charge in [0.1, 0.15) is 5.82 Å². The van der Waals surface area contributed by atoms with Gasteiger partial charge >= 0.3 is 0 Å². The molecule has 2 N–H and O–H groups in total. The molecule has 3 nitrogen and oxygen atoms in total. The quantitative estimate of drug-likeness (QED) is 0.872. The Hall–Kier alpha value is -1.91. The van der Waals surface area contributed by atoms with E-state index in [0.717, 1.165) is 17.8 Å². The van der Waals surface area contributed by atoms with Crippen molar-refractivity contribution in [1.29, 1.82) is 0 Å². The van der Waals surface area contributed by atoms with Gasteiger partial charge in [0, 0.05) is 6.07 Å². The molecule has 0 fully saturated rings. The third-order valence-corrected chi connectivity index (χ3v) is 2.68. The molecule has 90 valence electrons. The molecule has 0 bridgehead atoms. The van der Waals surface area contributed by atoms with E-state index in [1.54, 1.807) is 10.7 Å². The SMILES string of the molecule is Cc1cc(N)n(C(C)c2ccc(F)c(F)c2)n1. The van der Waals surface area contributed by atoms with Gasteiger partial charge in [0.25, 0.3) is 0 Å². The van der Waals surface area contributed by atoms with Crippen molar-refractivity contribution >= 4 is 5.82 Å². The van der Waals surface area contributed by atoms with Gasteiger partial charge in [-0.3, -0.25) is 0 Å². The molecule has 1 aromatic carbocycles. The molecule has 2 rings (SSSR count). The molecule has 5 heteroatoms. The third-order valence-electron chi connectivity index (χ3n) is 2.68. The molecule has 0 saturated carbocycles. The third kappa shape index (κ3) is 2.13. The second kappa shape index (κ2) is 4.16. The Morgan fingerprint density at radius 3 is 2.47 bits per heavy atom. The lowest BCUT2D eigenvalue weighted by Crippen LogP contribution is -2.12. The smallest absolute Gasteiger partial charge is 0.159 e. The summed E-state index contributed by atoms with van der Waals surface area (Å²) < 4.78 is 27.5. The topological polar surface area (TPSA) is 43.8 Å². The standard InChI is InChI=1S/C12H13F2N3/c1-7-5-12(15)17(16-7)8(2)9-3-4-10(13)11(14)6-9/h3-6,8H,15H2,1-2H3. The van der Waals surface area contributed by atoms with Gasteiger partial charge in [-0.1, -0.05) is 6.07 Å². The van der Waals surface area contributed by atoms with E-state index in [9.17, 15) is 8.78 Å². The summed E-state index contributed by atoms with van der Waals surface area (Å²) in [6.45, 7) is 3.65. The van der Waals surface area contributed by atoms with E-state index in [1.165, 1.54) is 6.07 Å². The maximum atomic E-state index is 13.1. The van der Waals surface area contributed by atoms with Gasteiger partial charge in [-0.25, -0.2) is 13.5 Å². The Labute approximate surface area is 97.9 Å². The summed E-state index contributed by atoms with van der Waals surface area (Å²) in [4.78, 5) is 0. The fraction of sp³-hybridized carbons (Fsp3) is 0.250. The first kappa shape index (κ1) is 11.6. The molecule has 1 atom stereocenters. The maximum Gasteiger partial charge on any atom is 0.159 e. The van der Waals surface area contributed by atoms with Crippen molar-refractivity contribution in [3.63, 3.8) is 0 Å². The van der Waals surface area contributed by atoms with E-state index in [0.29, 0.717) is 11.4 Å². The fourth-order valence-electron chi connectivity index (χ4n) is 1.76. The molecule has 0 aliphatic rings. The molecule has 2 aromatic rings. The first-order chi connectivity index (χ1) is 7.99. The van der Waals surface area contributed by atoms with Crippen LogP contribution in [-0.4, -0.2) is 9.78 Å². The highest BCUT2D eigenvalue weighted by Gasteiger charge is 2.14. The van der Waals surface area contributed by atoms with Crippen LogP contribution < -0.4 is 5.73 Å². The van der Waals surface area contributed by atoms with Crippen LogP contribution in [0.4, 0.5) is 14.6 Å². The molecule has 0 aliphatic heterocycles. The number of hydrogen-bond acceptors (Lipinski definition) is 2. The van der Waals surface area contributed by atoms with Crippen LogP contribution in [0.15, 0.2) is 24.3 Å². The Kier molecular flexibility index (Phi) is 2.83. The number of anilines is 1. The van der Waals surface area contributed by atoms with Crippen LogP contribution in [0.3, 0.4) is 0 Å². The highest BCUT2D eigenvalue weighted by molar-refractivity contribution is 5.33. The van der Waals surface area contributed by atoms with Gasteiger partial charge in [-0.2, -0.15) is 5.10 Å². The Morgan fingerprint density at radius 2 is 1.94 bits per heavy atom. The first-order valence-electron chi connectivity index (χ1n) is 5.25. The lowest BCUT2D eigenvalue weighted by molar-refractivity contribution is 0.500. The minimum Gasteiger partial charge on any atom is -0.384 e. The number of rotatable bonds is 2. The number of nitrogens with two attached hydrogens (primary N) is 1. The number of halogens is 2. The van der Waals surface area contributed by atoms with Crippen molar-refractivity contribution in [2.75, 3.05) is 5.73 Å².